The summed E-state index contributed by atoms with van der Waals surface area (Å²) < 4.78 is 0. The van der Waals surface area contributed by atoms with Gasteiger partial charge in [0.15, 0.2) is 0 Å². The molecule has 0 aromatic carbocycles. The van der Waals surface area contributed by atoms with Crippen LogP contribution in [0.5, 0.6) is 0 Å². The molecule has 7 heavy (non-hydrogen) atoms. The molecule has 0 aliphatic carbocycles. The van der Waals surface area contributed by atoms with Crippen molar-refractivity contribution in [3.05, 3.63) is 0 Å². The molecule has 0 fully saturated rings. The van der Waals surface area contributed by atoms with Gasteiger partial charge in [0.05, 0.1) is 13.2 Å². The van der Waals surface area contributed by atoms with Gasteiger partial charge in [-0.25, -0.2) is 0 Å². The highest BCUT2D eigenvalue weighted by Crippen LogP contribution is 1.39. The van der Waals surface area contributed by atoms with Crippen molar-refractivity contribution >= 4 is 0 Å². The van der Waals surface area contributed by atoms with Crippen LogP contribution in [0.3, 0.4) is 0 Å². The Bertz CT molecular complexity index is 18.4. The Kier molecular flexibility index (Phi) is 24.1. The SMILES string of the molecule is CNN.OCCO. The molecular formula is C3H12N2O2. The summed E-state index contributed by atoms with van der Waals surface area (Å²) in [6, 6.07) is 0. The Morgan fingerprint density at radius 3 is 1.57 bits per heavy atom. The van der Waals surface area contributed by atoms with Gasteiger partial charge in [-0.3, -0.25) is 11.3 Å². The molecule has 0 saturated heterocycles. The summed E-state index contributed by atoms with van der Waals surface area (Å²) in [5, 5.41) is 15.2. The summed E-state index contributed by atoms with van der Waals surface area (Å²) in [4.78, 5) is 0. The largest absolute Gasteiger partial charge is 0.394 e. The van der Waals surface area contributed by atoms with Crippen molar-refractivity contribution < 1.29 is 10.2 Å². The number of hydrogen-bond acceptors (Lipinski definition) is 4. The van der Waals surface area contributed by atoms with Gasteiger partial charge < -0.3 is 10.2 Å². The molecule has 5 N–H and O–H groups in total. The lowest BCUT2D eigenvalue weighted by atomic mass is 10.8. The van der Waals surface area contributed by atoms with Crippen LogP contribution in [0.1, 0.15) is 0 Å². The zero-order valence-electron chi connectivity index (χ0n) is 4.39. The molecule has 4 heteroatoms. The van der Waals surface area contributed by atoms with Crippen molar-refractivity contribution in [3.8, 4) is 0 Å². The van der Waals surface area contributed by atoms with Gasteiger partial charge in [-0.1, -0.05) is 0 Å². The lowest BCUT2D eigenvalue weighted by Gasteiger charge is -1.70. The fourth-order valence-corrected chi connectivity index (χ4v) is 0. The highest BCUT2D eigenvalue weighted by Gasteiger charge is 1.58. The van der Waals surface area contributed by atoms with Gasteiger partial charge in [-0.2, -0.15) is 0 Å². The van der Waals surface area contributed by atoms with Crippen LogP contribution < -0.4 is 11.3 Å². The average molecular weight is 108 g/mol. The number of aliphatic hydroxyl groups excluding tert-OH is 2. The summed E-state index contributed by atoms with van der Waals surface area (Å²) in [5.74, 6) is 4.60. The van der Waals surface area contributed by atoms with Gasteiger partial charge in [-0.15, -0.1) is 0 Å². The third-order valence-corrected chi connectivity index (χ3v) is 0.1000. The molecule has 0 aliphatic heterocycles. The average Bonchev–Trinajstić information content (AvgIpc) is 1.69. The first kappa shape index (κ1) is 9.96. The molecule has 0 heterocycles. The lowest BCUT2D eigenvalue weighted by Crippen LogP contribution is -2.13. The number of hydrogen-bond donors (Lipinski definition) is 4. The molecule has 4 nitrogen and oxygen atoms in total. The van der Waals surface area contributed by atoms with Crippen LogP contribution in [0.4, 0.5) is 0 Å². The predicted molar refractivity (Wildman–Crippen MR) is 27.4 cm³/mol. The maximum atomic E-state index is 7.62. The molecule has 0 saturated carbocycles. The van der Waals surface area contributed by atoms with E-state index in [2.05, 4.69) is 11.3 Å². The fraction of sp³-hybridized carbons (Fsp3) is 1.00. The van der Waals surface area contributed by atoms with E-state index in [9.17, 15) is 0 Å². The normalized spacial score (nSPS) is 6.86. The van der Waals surface area contributed by atoms with Gasteiger partial charge in [0, 0.05) is 0 Å². The molecule has 0 spiro atoms. The van der Waals surface area contributed by atoms with E-state index in [1.807, 2.05) is 0 Å². The first-order valence-electron chi connectivity index (χ1n) is 1.92. The fourth-order valence-electron chi connectivity index (χ4n) is 0. The highest BCUT2D eigenvalue weighted by molar-refractivity contribution is 4.06. The van der Waals surface area contributed by atoms with Crippen LogP contribution in [0.25, 0.3) is 0 Å². The van der Waals surface area contributed by atoms with E-state index >= 15 is 0 Å². The number of aliphatic hydroxyl groups is 2. The molecule has 0 amide bonds. The maximum Gasteiger partial charge on any atom is 0.0662 e. The Balaban J connectivity index is 0. The molecule has 0 bridgehead atoms. The third-order valence-electron chi connectivity index (χ3n) is 0.1000. The minimum atomic E-state index is -0.125. The van der Waals surface area contributed by atoms with E-state index in [4.69, 9.17) is 10.2 Å². The van der Waals surface area contributed by atoms with Gasteiger partial charge >= 0.3 is 0 Å². The van der Waals surface area contributed by atoms with Crippen molar-refractivity contribution in [2.45, 2.75) is 0 Å². The monoisotopic (exact) mass is 108 g/mol. The summed E-state index contributed by atoms with van der Waals surface area (Å²) in [7, 11) is 1.65. The van der Waals surface area contributed by atoms with E-state index in [-0.39, 0.29) is 13.2 Å². The second kappa shape index (κ2) is 17.0. The van der Waals surface area contributed by atoms with Gasteiger partial charge in [0.25, 0.3) is 0 Å². The van der Waals surface area contributed by atoms with Crippen molar-refractivity contribution in [1.82, 2.24) is 5.43 Å². The quantitative estimate of drug-likeness (QED) is 0.232. The van der Waals surface area contributed by atoms with Crippen LogP contribution in [-0.2, 0) is 0 Å². The minimum absolute atomic E-state index is 0.125. The highest BCUT2D eigenvalue weighted by atomic mass is 16.3. The first-order valence-corrected chi connectivity index (χ1v) is 1.92. The van der Waals surface area contributed by atoms with Crippen LogP contribution in [0.2, 0.25) is 0 Å². The number of hydrazine groups is 1. The van der Waals surface area contributed by atoms with Crippen molar-refractivity contribution in [2.75, 3.05) is 20.3 Å². The van der Waals surface area contributed by atoms with Gasteiger partial charge in [-0.05, 0) is 7.05 Å². The summed E-state index contributed by atoms with van der Waals surface area (Å²) in [5.41, 5.74) is 2.25. The summed E-state index contributed by atoms with van der Waals surface area (Å²) in [6.45, 7) is -0.250. The van der Waals surface area contributed by atoms with Gasteiger partial charge in [0.2, 0.25) is 0 Å². The molecule has 0 atom stereocenters. The number of nitrogens with two attached hydrogens (primary N) is 1. The molecule has 46 valence electrons. The zero-order chi connectivity index (χ0) is 6.12. The van der Waals surface area contributed by atoms with E-state index in [1.165, 1.54) is 0 Å². The van der Waals surface area contributed by atoms with E-state index in [0.29, 0.717) is 0 Å². The smallest absolute Gasteiger partial charge is 0.0662 e. The van der Waals surface area contributed by atoms with Crippen LogP contribution in [0.15, 0.2) is 0 Å². The maximum absolute atomic E-state index is 7.62. The second-order valence-corrected chi connectivity index (χ2v) is 0.736. The third kappa shape index (κ3) is 122. The first-order chi connectivity index (χ1) is 3.33. The zero-order valence-corrected chi connectivity index (χ0v) is 4.39. The molecular weight excluding hydrogens is 96.0 g/mol. The Morgan fingerprint density at radius 2 is 1.57 bits per heavy atom. The van der Waals surface area contributed by atoms with E-state index < -0.39 is 0 Å². The summed E-state index contributed by atoms with van der Waals surface area (Å²) in [6.07, 6.45) is 0. The Labute approximate surface area is 42.9 Å². The van der Waals surface area contributed by atoms with Crippen molar-refractivity contribution in [2.24, 2.45) is 5.84 Å². The van der Waals surface area contributed by atoms with Gasteiger partial charge in [0.1, 0.15) is 0 Å². The van der Waals surface area contributed by atoms with Crippen LogP contribution >= 0.6 is 0 Å². The molecule has 0 aliphatic rings. The molecule has 0 rings (SSSR count). The lowest BCUT2D eigenvalue weighted by molar-refractivity contribution is 0.186. The van der Waals surface area contributed by atoms with Crippen molar-refractivity contribution in [3.63, 3.8) is 0 Å². The molecule has 0 radical (unpaired) electrons. The minimum Gasteiger partial charge on any atom is -0.394 e. The Hall–Kier alpha value is -0.160. The number of rotatable bonds is 1. The van der Waals surface area contributed by atoms with Crippen LogP contribution in [-0.4, -0.2) is 30.5 Å². The summed E-state index contributed by atoms with van der Waals surface area (Å²) >= 11 is 0. The molecule has 0 unspecified atom stereocenters. The second-order valence-electron chi connectivity index (χ2n) is 0.736. The van der Waals surface area contributed by atoms with E-state index in [1.54, 1.807) is 7.05 Å². The van der Waals surface area contributed by atoms with Crippen molar-refractivity contribution in [1.29, 1.82) is 0 Å². The number of nitrogens with one attached hydrogen (secondary N) is 1. The topological polar surface area (TPSA) is 78.5 Å². The molecule has 0 aromatic rings. The predicted octanol–water partition coefficient (Wildman–Crippen LogP) is -1.95. The molecule has 0 aromatic heterocycles. The Morgan fingerprint density at radius 1 is 1.43 bits per heavy atom. The van der Waals surface area contributed by atoms with Crippen LogP contribution in [0, 0.1) is 0 Å². The van der Waals surface area contributed by atoms with E-state index in [0.717, 1.165) is 0 Å². The standard InChI is InChI=1S/C2H6O2.CH6N2/c3-1-2-4;1-3-2/h3-4H,1-2H2;3H,2H2,1H3.